The molecule has 0 aromatic heterocycles. The van der Waals surface area contributed by atoms with Gasteiger partial charge in [0.2, 0.25) is 0 Å². The molecule has 0 amide bonds. The number of esters is 1. The number of carbonyl (C=O) groups excluding carboxylic acids is 1. The van der Waals surface area contributed by atoms with Gasteiger partial charge in [0, 0.05) is 11.7 Å². The van der Waals surface area contributed by atoms with E-state index in [9.17, 15) is 4.79 Å². The average molecular weight is 271 g/mol. The summed E-state index contributed by atoms with van der Waals surface area (Å²) in [5, 5.41) is 3.66. The molecule has 0 bridgehead atoms. The van der Waals surface area contributed by atoms with Crippen molar-refractivity contribution in [3.05, 3.63) is 22.7 Å². The standard InChI is InChI=1S/C13H19ClN2O2/c1-4-5-8(2)16-12-10(13(17)18-3)6-9(15)7-11(12)14/h6-8,16H,4-5,15H2,1-3H3. The van der Waals surface area contributed by atoms with E-state index in [1.165, 1.54) is 7.11 Å². The third kappa shape index (κ3) is 3.53. The van der Waals surface area contributed by atoms with Gasteiger partial charge in [-0.3, -0.25) is 0 Å². The highest BCUT2D eigenvalue weighted by Gasteiger charge is 2.17. The number of anilines is 2. The molecule has 0 radical (unpaired) electrons. The van der Waals surface area contributed by atoms with E-state index in [1.54, 1.807) is 12.1 Å². The number of hydrogen-bond donors (Lipinski definition) is 2. The van der Waals surface area contributed by atoms with E-state index in [2.05, 4.69) is 12.2 Å². The average Bonchev–Trinajstić information content (AvgIpc) is 2.31. The van der Waals surface area contributed by atoms with Gasteiger partial charge in [-0.25, -0.2) is 4.79 Å². The summed E-state index contributed by atoms with van der Waals surface area (Å²) in [6.45, 7) is 4.14. The van der Waals surface area contributed by atoms with Crippen LogP contribution in [0.4, 0.5) is 11.4 Å². The minimum Gasteiger partial charge on any atom is -0.465 e. The zero-order chi connectivity index (χ0) is 13.7. The predicted molar refractivity (Wildman–Crippen MR) is 75.2 cm³/mol. The van der Waals surface area contributed by atoms with Gasteiger partial charge in [-0.05, 0) is 25.5 Å². The number of ether oxygens (including phenoxy) is 1. The van der Waals surface area contributed by atoms with Crippen LogP contribution >= 0.6 is 11.6 Å². The van der Waals surface area contributed by atoms with E-state index in [1.807, 2.05) is 6.92 Å². The fraction of sp³-hybridized carbons (Fsp3) is 0.462. The molecule has 0 aliphatic carbocycles. The van der Waals surface area contributed by atoms with E-state index in [-0.39, 0.29) is 6.04 Å². The number of carbonyl (C=O) groups is 1. The Bertz CT molecular complexity index is 435. The molecule has 1 atom stereocenters. The number of nitrogens with one attached hydrogen (secondary N) is 1. The molecular weight excluding hydrogens is 252 g/mol. The van der Waals surface area contributed by atoms with E-state index in [4.69, 9.17) is 22.1 Å². The smallest absolute Gasteiger partial charge is 0.340 e. The summed E-state index contributed by atoms with van der Waals surface area (Å²) in [4.78, 5) is 11.7. The second-order valence-corrected chi connectivity index (χ2v) is 4.66. The summed E-state index contributed by atoms with van der Waals surface area (Å²) in [6, 6.07) is 3.41. The van der Waals surface area contributed by atoms with Gasteiger partial charge in [-0.15, -0.1) is 0 Å². The van der Waals surface area contributed by atoms with Crippen molar-refractivity contribution in [2.45, 2.75) is 32.7 Å². The first-order chi connectivity index (χ1) is 8.49. The third-order valence-corrected chi connectivity index (χ3v) is 2.93. The number of nitrogens with two attached hydrogens (primary N) is 1. The van der Waals surface area contributed by atoms with Gasteiger partial charge in [0.25, 0.3) is 0 Å². The van der Waals surface area contributed by atoms with Crippen LogP contribution in [0, 0.1) is 0 Å². The Morgan fingerprint density at radius 1 is 1.56 bits per heavy atom. The van der Waals surface area contributed by atoms with Crippen LogP contribution in [0.5, 0.6) is 0 Å². The zero-order valence-electron chi connectivity index (χ0n) is 10.9. The van der Waals surface area contributed by atoms with Crippen LogP contribution in [-0.2, 0) is 4.74 Å². The highest BCUT2D eigenvalue weighted by atomic mass is 35.5. The van der Waals surface area contributed by atoms with Crippen LogP contribution in [0.2, 0.25) is 5.02 Å². The first kappa shape index (κ1) is 14.6. The van der Waals surface area contributed by atoms with Crippen LogP contribution < -0.4 is 11.1 Å². The maximum absolute atomic E-state index is 11.7. The molecule has 0 saturated heterocycles. The minimum atomic E-state index is -0.449. The summed E-state index contributed by atoms with van der Waals surface area (Å²) in [6.07, 6.45) is 2.04. The molecule has 0 aliphatic heterocycles. The minimum absolute atomic E-state index is 0.222. The van der Waals surface area contributed by atoms with Gasteiger partial charge in [0.1, 0.15) is 0 Å². The van der Waals surface area contributed by atoms with E-state index in [0.717, 1.165) is 12.8 Å². The van der Waals surface area contributed by atoms with Gasteiger partial charge in [0.05, 0.1) is 23.4 Å². The number of benzene rings is 1. The van der Waals surface area contributed by atoms with Crippen LogP contribution in [-0.4, -0.2) is 19.1 Å². The molecule has 5 heteroatoms. The molecule has 0 spiro atoms. The van der Waals surface area contributed by atoms with E-state index >= 15 is 0 Å². The highest BCUT2D eigenvalue weighted by Crippen LogP contribution is 2.30. The summed E-state index contributed by atoms with van der Waals surface area (Å²) >= 11 is 6.13. The predicted octanol–water partition coefficient (Wildman–Crippen LogP) is 3.31. The van der Waals surface area contributed by atoms with Gasteiger partial charge in [-0.2, -0.15) is 0 Å². The summed E-state index contributed by atoms with van der Waals surface area (Å²) in [5.41, 5.74) is 7.08. The molecule has 1 rings (SSSR count). The maximum atomic E-state index is 11.7. The number of halogens is 1. The van der Waals surface area contributed by atoms with Gasteiger partial charge < -0.3 is 15.8 Å². The lowest BCUT2D eigenvalue weighted by atomic mass is 10.1. The lowest BCUT2D eigenvalue weighted by Crippen LogP contribution is -2.18. The summed E-state index contributed by atoms with van der Waals surface area (Å²) in [7, 11) is 1.33. The van der Waals surface area contributed by atoms with E-state index < -0.39 is 5.97 Å². The Morgan fingerprint density at radius 2 is 2.22 bits per heavy atom. The van der Waals surface area contributed by atoms with Crippen molar-refractivity contribution in [1.29, 1.82) is 0 Å². The lowest BCUT2D eigenvalue weighted by Gasteiger charge is -2.18. The summed E-state index contributed by atoms with van der Waals surface area (Å²) < 4.78 is 4.74. The second-order valence-electron chi connectivity index (χ2n) is 4.25. The van der Waals surface area contributed by atoms with Gasteiger partial charge in [-0.1, -0.05) is 24.9 Å². The molecule has 4 nitrogen and oxygen atoms in total. The first-order valence-electron chi connectivity index (χ1n) is 5.93. The normalized spacial score (nSPS) is 12.0. The van der Waals surface area contributed by atoms with Crippen LogP contribution in [0.25, 0.3) is 0 Å². The Morgan fingerprint density at radius 3 is 2.78 bits per heavy atom. The Balaban J connectivity index is 3.11. The maximum Gasteiger partial charge on any atom is 0.340 e. The largest absolute Gasteiger partial charge is 0.465 e. The third-order valence-electron chi connectivity index (χ3n) is 2.63. The molecule has 100 valence electrons. The number of hydrogen-bond acceptors (Lipinski definition) is 4. The number of methoxy groups -OCH3 is 1. The molecule has 1 unspecified atom stereocenters. The molecule has 1 aromatic carbocycles. The number of nitrogen functional groups attached to an aromatic ring is 1. The monoisotopic (exact) mass is 270 g/mol. The van der Waals surface area contributed by atoms with Crippen molar-refractivity contribution in [3.8, 4) is 0 Å². The summed E-state index contributed by atoms with van der Waals surface area (Å²) in [5.74, 6) is -0.449. The second kappa shape index (κ2) is 6.50. The quantitative estimate of drug-likeness (QED) is 0.636. The molecule has 0 aliphatic rings. The Labute approximate surface area is 112 Å². The van der Waals surface area contributed by atoms with E-state index in [0.29, 0.717) is 22.0 Å². The molecule has 3 N–H and O–H groups in total. The van der Waals surface area contributed by atoms with Crippen LogP contribution in [0.3, 0.4) is 0 Å². The van der Waals surface area contributed by atoms with Gasteiger partial charge in [0.15, 0.2) is 0 Å². The Kier molecular flexibility index (Phi) is 5.28. The van der Waals surface area contributed by atoms with Gasteiger partial charge >= 0.3 is 5.97 Å². The molecule has 0 heterocycles. The number of rotatable bonds is 5. The molecule has 0 saturated carbocycles. The SMILES string of the molecule is CCCC(C)Nc1c(Cl)cc(N)cc1C(=O)OC. The molecule has 18 heavy (non-hydrogen) atoms. The topological polar surface area (TPSA) is 64.3 Å². The molecular formula is C13H19ClN2O2. The Hall–Kier alpha value is -1.42. The highest BCUT2D eigenvalue weighted by molar-refractivity contribution is 6.34. The van der Waals surface area contributed by atoms with Crippen molar-refractivity contribution in [2.75, 3.05) is 18.2 Å². The van der Waals surface area contributed by atoms with Crippen molar-refractivity contribution in [2.24, 2.45) is 0 Å². The van der Waals surface area contributed by atoms with Crippen molar-refractivity contribution >= 4 is 28.9 Å². The van der Waals surface area contributed by atoms with Crippen molar-refractivity contribution in [3.63, 3.8) is 0 Å². The van der Waals surface area contributed by atoms with Crippen LogP contribution in [0.15, 0.2) is 12.1 Å². The van der Waals surface area contributed by atoms with Crippen molar-refractivity contribution in [1.82, 2.24) is 0 Å². The first-order valence-corrected chi connectivity index (χ1v) is 6.31. The zero-order valence-corrected chi connectivity index (χ0v) is 11.7. The fourth-order valence-corrected chi connectivity index (χ4v) is 2.08. The molecule has 1 aromatic rings. The fourth-order valence-electron chi connectivity index (χ4n) is 1.80. The lowest BCUT2D eigenvalue weighted by molar-refractivity contribution is 0.0602. The van der Waals surface area contributed by atoms with Crippen molar-refractivity contribution < 1.29 is 9.53 Å². The molecule has 0 fully saturated rings. The van der Waals surface area contributed by atoms with Crippen LogP contribution in [0.1, 0.15) is 37.0 Å².